The van der Waals surface area contributed by atoms with Crippen molar-refractivity contribution in [3.05, 3.63) is 199 Å². The molecule has 0 fully saturated rings. The number of aryl methyl sites for hydroxylation is 2. The van der Waals surface area contributed by atoms with Crippen molar-refractivity contribution >= 4 is 49.4 Å². The Bertz CT molecular complexity index is 2700. The fourth-order valence-corrected chi connectivity index (χ4v) is 8.21. The molecule has 1 aliphatic heterocycles. The summed E-state index contributed by atoms with van der Waals surface area (Å²) in [6.07, 6.45) is 2.07. The monoisotopic (exact) mass is 649 g/mol. The third-order valence-electron chi connectivity index (χ3n) is 10.7. The van der Waals surface area contributed by atoms with E-state index in [1.807, 2.05) is 0 Å². The van der Waals surface area contributed by atoms with E-state index < -0.39 is 0 Å². The molecule has 0 amide bonds. The summed E-state index contributed by atoms with van der Waals surface area (Å²) in [5.41, 5.74) is 13.9. The van der Waals surface area contributed by atoms with Gasteiger partial charge in [-0.05, 0) is 138 Å². The zero-order chi connectivity index (χ0) is 33.7. The molecule has 0 radical (unpaired) electrons. The minimum atomic E-state index is 1.03. The van der Waals surface area contributed by atoms with Gasteiger partial charge in [0.2, 0.25) is 0 Å². The quantitative estimate of drug-likeness (QED) is 0.172. The van der Waals surface area contributed by atoms with Crippen LogP contribution in [0.15, 0.2) is 188 Å². The lowest BCUT2D eigenvalue weighted by Gasteiger charge is -2.27. The van der Waals surface area contributed by atoms with E-state index in [-0.39, 0.29) is 0 Å². The van der Waals surface area contributed by atoms with Crippen LogP contribution in [-0.2, 0) is 12.8 Å². The van der Waals surface area contributed by atoms with Crippen LogP contribution in [0.1, 0.15) is 11.1 Å². The predicted molar refractivity (Wildman–Crippen MR) is 217 cm³/mol. The highest BCUT2D eigenvalue weighted by Gasteiger charge is 2.22. The molecule has 1 heterocycles. The molecule has 0 aliphatic carbocycles. The Hall–Kier alpha value is -6.44. The Balaban J connectivity index is 1.21. The highest BCUT2D eigenvalue weighted by molar-refractivity contribution is 6.16. The second kappa shape index (κ2) is 12.2. The molecule has 1 aliphatic rings. The van der Waals surface area contributed by atoms with E-state index in [1.54, 1.807) is 0 Å². The van der Waals surface area contributed by atoms with Crippen molar-refractivity contribution in [1.29, 1.82) is 0 Å². The molecule has 9 aromatic carbocycles. The summed E-state index contributed by atoms with van der Waals surface area (Å²) in [4.78, 5) is 2.47. The molecule has 0 atom stereocenters. The molecule has 0 N–H and O–H groups in total. The van der Waals surface area contributed by atoms with Crippen molar-refractivity contribution in [3.8, 4) is 33.4 Å². The predicted octanol–water partition coefficient (Wildman–Crippen LogP) is 13.7. The first-order valence-corrected chi connectivity index (χ1v) is 17.9. The lowest BCUT2D eigenvalue weighted by atomic mass is 9.88. The van der Waals surface area contributed by atoms with E-state index in [2.05, 4.69) is 193 Å². The Morgan fingerprint density at radius 3 is 1.47 bits per heavy atom. The van der Waals surface area contributed by atoms with Gasteiger partial charge in [0.15, 0.2) is 0 Å². The van der Waals surface area contributed by atoms with Gasteiger partial charge in [-0.2, -0.15) is 0 Å². The number of hydrogen-bond acceptors (Lipinski definition) is 1. The average Bonchev–Trinajstić information content (AvgIpc) is 3.37. The third kappa shape index (κ3) is 5.09. The average molecular weight is 650 g/mol. The Kier molecular flexibility index (Phi) is 7.03. The van der Waals surface area contributed by atoms with E-state index in [4.69, 9.17) is 0 Å². The number of rotatable bonds is 4. The van der Waals surface area contributed by atoms with Crippen LogP contribution >= 0.6 is 0 Å². The number of fused-ring (bicyclic) bond motifs is 6. The van der Waals surface area contributed by atoms with Gasteiger partial charge < -0.3 is 4.90 Å². The fraction of sp³-hybridized carbons (Fsp3) is 0.0400. The number of benzene rings is 9. The van der Waals surface area contributed by atoms with Gasteiger partial charge >= 0.3 is 0 Å². The Morgan fingerprint density at radius 1 is 0.314 bits per heavy atom. The molecule has 9 aromatic rings. The molecule has 10 rings (SSSR count). The van der Waals surface area contributed by atoms with Gasteiger partial charge in [-0.1, -0.05) is 140 Å². The van der Waals surface area contributed by atoms with Crippen LogP contribution in [0.25, 0.3) is 65.7 Å². The van der Waals surface area contributed by atoms with Crippen LogP contribution in [0, 0.1) is 0 Å². The number of nitrogens with zero attached hydrogens (tertiary/aromatic N) is 1. The van der Waals surface area contributed by atoms with Crippen LogP contribution in [0.2, 0.25) is 0 Å². The van der Waals surface area contributed by atoms with Crippen molar-refractivity contribution in [1.82, 2.24) is 0 Å². The first-order chi connectivity index (χ1) is 25.3. The van der Waals surface area contributed by atoms with Crippen LogP contribution in [-0.4, -0.2) is 0 Å². The minimum absolute atomic E-state index is 1.03. The van der Waals surface area contributed by atoms with E-state index in [0.29, 0.717) is 0 Å². The van der Waals surface area contributed by atoms with Crippen molar-refractivity contribution < 1.29 is 0 Å². The van der Waals surface area contributed by atoms with Gasteiger partial charge in [0, 0.05) is 17.1 Å². The molecule has 240 valence electrons. The maximum absolute atomic E-state index is 2.47. The molecule has 51 heavy (non-hydrogen) atoms. The lowest BCUT2D eigenvalue weighted by Crippen LogP contribution is -2.11. The van der Waals surface area contributed by atoms with Gasteiger partial charge in [-0.3, -0.25) is 0 Å². The summed E-state index contributed by atoms with van der Waals surface area (Å²) in [6.45, 7) is 0. The number of anilines is 3. The molecular weight excluding hydrogens is 615 g/mol. The van der Waals surface area contributed by atoms with Gasteiger partial charge in [0.1, 0.15) is 0 Å². The maximum atomic E-state index is 2.47. The summed E-state index contributed by atoms with van der Waals surface area (Å²) < 4.78 is 0. The topological polar surface area (TPSA) is 3.24 Å². The smallest absolute Gasteiger partial charge is 0.0493 e. The van der Waals surface area contributed by atoms with Gasteiger partial charge in [-0.15, -0.1) is 0 Å². The van der Waals surface area contributed by atoms with Gasteiger partial charge in [-0.25, -0.2) is 0 Å². The van der Waals surface area contributed by atoms with Gasteiger partial charge in [0.05, 0.1) is 0 Å². The lowest BCUT2D eigenvalue weighted by molar-refractivity contribution is 0.977. The second-order valence-electron chi connectivity index (χ2n) is 13.7. The third-order valence-corrected chi connectivity index (χ3v) is 10.7. The van der Waals surface area contributed by atoms with E-state index in [9.17, 15) is 0 Å². The molecular formula is C50H35N. The minimum Gasteiger partial charge on any atom is -0.310 e. The van der Waals surface area contributed by atoms with Crippen molar-refractivity contribution in [2.45, 2.75) is 12.8 Å². The Labute approximate surface area is 298 Å². The second-order valence-corrected chi connectivity index (χ2v) is 13.7. The van der Waals surface area contributed by atoms with Crippen molar-refractivity contribution in [2.24, 2.45) is 0 Å². The highest BCUT2D eigenvalue weighted by Crippen LogP contribution is 2.45. The molecule has 1 heteroatoms. The SMILES string of the molecule is c1ccc(-c2cc3ccccc3cc2-c2ccc3c(c2)c(-c2ccccc2)cc2cc(N4c5ccccc5CCc5ccccc54)ccc23)cc1. The standard InChI is InChI=1S/C50H35N/c1-3-13-34(14-4-1)45-30-38-19-7-8-20-39(38)31-47(45)40-25-27-44-43-28-26-42(29-41(43)33-46(48(44)32-40)35-15-5-2-6-16-35)51-49-21-11-9-17-36(49)23-24-37-18-10-12-22-50(37)51/h1-22,25-33H,23-24H2. The van der Waals surface area contributed by atoms with Crippen LogP contribution in [0.3, 0.4) is 0 Å². The zero-order valence-electron chi connectivity index (χ0n) is 28.3. The Morgan fingerprint density at radius 2 is 0.824 bits per heavy atom. The van der Waals surface area contributed by atoms with Gasteiger partial charge in [0.25, 0.3) is 0 Å². The molecule has 0 saturated heterocycles. The van der Waals surface area contributed by atoms with Crippen LogP contribution in [0.4, 0.5) is 17.1 Å². The molecule has 0 aromatic heterocycles. The van der Waals surface area contributed by atoms with Crippen molar-refractivity contribution in [3.63, 3.8) is 0 Å². The molecule has 0 spiro atoms. The van der Waals surface area contributed by atoms with Crippen molar-refractivity contribution in [2.75, 3.05) is 4.90 Å². The zero-order valence-corrected chi connectivity index (χ0v) is 28.3. The van der Waals surface area contributed by atoms with E-state index >= 15 is 0 Å². The molecule has 0 unspecified atom stereocenters. The summed E-state index contributed by atoms with van der Waals surface area (Å²) in [5, 5.41) is 7.53. The highest BCUT2D eigenvalue weighted by atomic mass is 15.1. The van der Waals surface area contributed by atoms with E-state index in [0.717, 1.165) is 12.8 Å². The summed E-state index contributed by atoms with van der Waals surface area (Å²) in [6, 6.07) is 69.4. The van der Waals surface area contributed by atoms with Crippen LogP contribution < -0.4 is 4.90 Å². The number of hydrogen-bond donors (Lipinski definition) is 0. The maximum Gasteiger partial charge on any atom is 0.0493 e. The van der Waals surface area contributed by atoms with E-state index in [1.165, 1.54) is 93.9 Å². The summed E-state index contributed by atoms with van der Waals surface area (Å²) in [7, 11) is 0. The molecule has 0 saturated carbocycles. The normalized spacial score (nSPS) is 12.5. The summed E-state index contributed by atoms with van der Waals surface area (Å²) >= 11 is 0. The van der Waals surface area contributed by atoms with Crippen LogP contribution in [0.5, 0.6) is 0 Å². The first kappa shape index (κ1) is 29.5. The molecule has 0 bridgehead atoms. The first-order valence-electron chi connectivity index (χ1n) is 17.9. The summed E-state index contributed by atoms with van der Waals surface area (Å²) in [5.74, 6) is 0. The number of para-hydroxylation sites is 2. The fourth-order valence-electron chi connectivity index (χ4n) is 8.21. The molecule has 1 nitrogen and oxygen atoms in total. The largest absolute Gasteiger partial charge is 0.310 e.